The second kappa shape index (κ2) is 6.71. The fraction of sp³-hybridized carbons (Fsp3) is 0.692. The Kier molecular flexibility index (Phi) is 5.20. The molecule has 2 heterocycles. The van der Waals surface area contributed by atoms with Gasteiger partial charge in [-0.05, 0) is 18.6 Å². The van der Waals surface area contributed by atoms with Crippen molar-refractivity contribution in [1.29, 1.82) is 0 Å². The second-order valence-corrected chi connectivity index (χ2v) is 7.14. The quantitative estimate of drug-likeness (QED) is 0.836. The van der Waals surface area contributed by atoms with Gasteiger partial charge in [-0.3, -0.25) is 4.90 Å². The lowest BCUT2D eigenvalue weighted by molar-refractivity contribution is 0.0777. The van der Waals surface area contributed by atoms with Crippen molar-refractivity contribution in [3.05, 3.63) is 24.2 Å². The first-order chi connectivity index (χ1) is 9.53. The number of piperazine rings is 1. The van der Waals surface area contributed by atoms with Gasteiger partial charge in [0, 0.05) is 32.7 Å². The van der Waals surface area contributed by atoms with Crippen molar-refractivity contribution in [2.75, 3.05) is 38.5 Å². The van der Waals surface area contributed by atoms with Crippen molar-refractivity contribution in [2.24, 2.45) is 0 Å². The summed E-state index contributed by atoms with van der Waals surface area (Å²) in [6, 6.07) is 3.49. The molecule has 1 N–H and O–H groups in total. The number of sulfonamides is 1. The Hall–Kier alpha value is -0.890. The molecular weight excluding hydrogens is 280 g/mol. The largest absolute Gasteiger partial charge is 0.467 e. The van der Waals surface area contributed by atoms with Crippen LogP contribution in [-0.4, -0.2) is 61.2 Å². The van der Waals surface area contributed by atoms with E-state index in [1.807, 2.05) is 6.92 Å². The molecule has 0 unspecified atom stereocenters. The van der Waals surface area contributed by atoms with Crippen LogP contribution >= 0.6 is 0 Å². The van der Waals surface area contributed by atoms with Crippen LogP contribution in [0.2, 0.25) is 0 Å². The zero-order valence-electron chi connectivity index (χ0n) is 11.7. The first kappa shape index (κ1) is 15.5. The Morgan fingerprint density at radius 1 is 1.35 bits per heavy atom. The van der Waals surface area contributed by atoms with Gasteiger partial charge < -0.3 is 9.52 Å². The maximum Gasteiger partial charge on any atom is 0.214 e. The Morgan fingerprint density at radius 2 is 2.05 bits per heavy atom. The average Bonchev–Trinajstić information content (AvgIpc) is 2.93. The van der Waals surface area contributed by atoms with E-state index in [0.717, 1.165) is 0 Å². The second-order valence-electron chi connectivity index (χ2n) is 5.05. The van der Waals surface area contributed by atoms with E-state index in [4.69, 9.17) is 4.42 Å². The van der Waals surface area contributed by atoms with Gasteiger partial charge in [0.25, 0.3) is 0 Å². The standard InChI is InChI=1S/C13H22N2O4S/c1-2-10-20(17,18)15-7-5-14(6-8-15)11-12(16)13-4-3-9-19-13/h3-4,9,12,16H,2,5-8,10-11H2,1H3/t12-/m1/s1. The number of rotatable bonds is 6. The molecule has 1 atom stereocenters. The van der Waals surface area contributed by atoms with Crippen LogP contribution < -0.4 is 0 Å². The average molecular weight is 302 g/mol. The number of β-amino-alcohol motifs (C(OH)–C–C–N with tert-alkyl or cyclic N) is 1. The van der Waals surface area contributed by atoms with Crippen LogP contribution in [0.25, 0.3) is 0 Å². The Bertz CT molecular complexity index is 492. The molecule has 6 nitrogen and oxygen atoms in total. The highest BCUT2D eigenvalue weighted by Gasteiger charge is 2.27. The first-order valence-corrected chi connectivity index (χ1v) is 8.55. The maximum absolute atomic E-state index is 11.9. The smallest absolute Gasteiger partial charge is 0.214 e. The van der Waals surface area contributed by atoms with Gasteiger partial charge in [0.05, 0.1) is 12.0 Å². The van der Waals surface area contributed by atoms with Gasteiger partial charge in [0.1, 0.15) is 11.9 Å². The molecule has 0 radical (unpaired) electrons. The zero-order valence-corrected chi connectivity index (χ0v) is 12.6. The summed E-state index contributed by atoms with van der Waals surface area (Å²) < 4.78 is 30.6. The third kappa shape index (κ3) is 3.82. The molecule has 0 aliphatic carbocycles. The lowest BCUT2D eigenvalue weighted by atomic mass is 10.2. The van der Waals surface area contributed by atoms with Gasteiger partial charge in [-0.25, -0.2) is 8.42 Å². The third-order valence-corrected chi connectivity index (χ3v) is 5.57. The normalized spacial score (nSPS) is 20.1. The molecule has 1 aliphatic rings. The van der Waals surface area contributed by atoms with E-state index < -0.39 is 16.1 Å². The van der Waals surface area contributed by atoms with E-state index >= 15 is 0 Å². The summed E-state index contributed by atoms with van der Waals surface area (Å²) in [6.07, 6.45) is 1.51. The number of hydrogen-bond acceptors (Lipinski definition) is 5. The van der Waals surface area contributed by atoms with E-state index in [1.165, 1.54) is 6.26 Å². The molecular formula is C13H22N2O4S. The fourth-order valence-corrected chi connectivity index (χ4v) is 3.89. The maximum atomic E-state index is 11.9. The summed E-state index contributed by atoms with van der Waals surface area (Å²) in [7, 11) is -3.10. The highest BCUT2D eigenvalue weighted by molar-refractivity contribution is 7.89. The van der Waals surface area contributed by atoms with E-state index in [0.29, 0.717) is 44.9 Å². The van der Waals surface area contributed by atoms with Gasteiger partial charge in [0.2, 0.25) is 10.0 Å². The molecule has 0 bridgehead atoms. The minimum Gasteiger partial charge on any atom is -0.467 e. The van der Waals surface area contributed by atoms with Crippen molar-refractivity contribution < 1.29 is 17.9 Å². The lowest BCUT2D eigenvalue weighted by Crippen LogP contribution is -2.50. The lowest BCUT2D eigenvalue weighted by Gasteiger charge is -2.34. The van der Waals surface area contributed by atoms with Crippen molar-refractivity contribution in [1.82, 2.24) is 9.21 Å². The molecule has 7 heteroatoms. The third-order valence-electron chi connectivity index (χ3n) is 3.49. The molecule has 1 aromatic heterocycles. The Labute approximate surface area is 120 Å². The van der Waals surface area contributed by atoms with Crippen molar-refractivity contribution >= 4 is 10.0 Å². The summed E-state index contributed by atoms with van der Waals surface area (Å²) >= 11 is 0. The summed E-state index contributed by atoms with van der Waals surface area (Å²) in [5.41, 5.74) is 0. The molecule has 0 spiro atoms. The Morgan fingerprint density at radius 3 is 2.60 bits per heavy atom. The Balaban J connectivity index is 1.83. The van der Waals surface area contributed by atoms with Crippen LogP contribution in [0.4, 0.5) is 0 Å². The van der Waals surface area contributed by atoms with Gasteiger partial charge in [-0.1, -0.05) is 6.92 Å². The summed E-state index contributed by atoms with van der Waals surface area (Å²) in [4.78, 5) is 2.06. The van der Waals surface area contributed by atoms with E-state index in [1.54, 1.807) is 16.4 Å². The van der Waals surface area contributed by atoms with Crippen molar-refractivity contribution in [2.45, 2.75) is 19.4 Å². The number of furan rings is 1. The topological polar surface area (TPSA) is 74.0 Å². The number of aliphatic hydroxyl groups is 1. The number of nitrogens with zero attached hydrogens (tertiary/aromatic N) is 2. The molecule has 0 amide bonds. The molecule has 0 aromatic carbocycles. The highest BCUT2D eigenvalue weighted by Crippen LogP contribution is 2.16. The van der Waals surface area contributed by atoms with Crippen LogP contribution in [0.15, 0.2) is 22.8 Å². The van der Waals surface area contributed by atoms with Crippen LogP contribution in [0.1, 0.15) is 25.2 Å². The number of hydrogen-bond donors (Lipinski definition) is 1. The summed E-state index contributed by atoms with van der Waals surface area (Å²) in [5.74, 6) is 0.758. The first-order valence-electron chi connectivity index (χ1n) is 6.94. The monoisotopic (exact) mass is 302 g/mol. The predicted molar refractivity (Wildman–Crippen MR) is 75.8 cm³/mol. The molecule has 20 heavy (non-hydrogen) atoms. The van der Waals surface area contributed by atoms with E-state index in [-0.39, 0.29) is 5.75 Å². The van der Waals surface area contributed by atoms with Crippen molar-refractivity contribution in [3.8, 4) is 0 Å². The van der Waals surface area contributed by atoms with Crippen LogP contribution in [0.3, 0.4) is 0 Å². The van der Waals surface area contributed by atoms with Gasteiger partial charge in [-0.15, -0.1) is 0 Å². The van der Waals surface area contributed by atoms with Gasteiger partial charge in [-0.2, -0.15) is 4.31 Å². The predicted octanol–water partition coefficient (Wildman–Crippen LogP) is 0.670. The summed E-state index contributed by atoms with van der Waals surface area (Å²) in [6.45, 7) is 4.60. The molecule has 0 saturated carbocycles. The number of aliphatic hydroxyl groups excluding tert-OH is 1. The molecule has 1 aromatic rings. The zero-order chi connectivity index (χ0) is 14.6. The minimum absolute atomic E-state index is 0.210. The molecule has 2 rings (SSSR count). The molecule has 1 aliphatic heterocycles. The molecule has 1 fully saturated rings. The van der Waals surface area contributed by atoms with Gasteiger partial charge >= 0.3 is 0 Å². The van der Waals surface area contributed by atoms with Crippen LogP contribution in [-0.2, 0) is 10.0 Å². The van der Waals surface area contributed by atoms with Gasteiger partial charge in [0.15, 0.2) is 0 Å². The van der Waals surface area contributed by atoms with E-state index in [2.05, 4.69) is 4.90 Å². The van der Waals surface area contributed by atoms with Crippen molar-refractivity contribution in [3.63, 3.8) is 0 Å². The molecule has 1 saturated heterocycles. The minimum atomic E-state index is -3.10. The van der Waals surface area contributed by atoms with E-state index in [9.17, 15) is 13.5 Å². The summed E-state index contributed by atoms with van der Waals surface area (Å²) in [5, 5.41) is 10.0. The fourth-order valence-electron chi connectivity index (χ4n) is 2.39. The van der Waals surface area contributed by atoms with Crippen LogP contribution in [0.5, 0.6) is 0 Å². The molecule has 114 valence electrons. The SMILES string of the molecule is CCCS(=O)(=O)N1CCN(C[C@@H](O)c2ccco2)CC1. The van der Waals surface area contributed by atoms with Crippen LogP contribution in [0, 0.1) is 0 Å². The highest BCUT2D eigenvalue weighted by atomic mass is 32.2.